The van der Waals surface area contributed by atoms with Crippen molar-refractivity contribution in [1.82, 2.24) is 9.88 Å². The fourth-order valence-electron chi connectivity index (χ4n) is 3.02. The number of nitrogens with zero attached hydrogens (tertiary/aromatic N) is 2. The Morgan fingerprint density at radius 2 is 2.00 bits per heavy atom. The summed E-state index contributed by atoms with van der Waals surface area (Å²) >= 11 is 0. The van der Waals surface area contributed by atoms with Gasteiger partial charge in [-0.25, -0.2) is 0 Å². The first-order valence-corrected chi connectivity index (χ1v) is 7.94. The molecule has 1 fully saturated rings. The van der Waals surface area contributed by atoms with E-state index in [1.165, 1.54) is 35.7 Å². The molecule has 0 bridgehead atoms. The van der Waals surface area contributed by atoms with Crippen molar-refractivity contribution in [2.75, 3.05) is 19.6 Å². The van der Waals surface area contributed by atoms with Crippen LogP contribution in [-0.2, 0) is 6.42 Å². The number of benzene rings is 1. The Kier molecular flexibility index (Phi) is 4.43. The molecule has 2 aromatic rings. The molecule has 21 heavy (non-hydrogen) atoms. The summed E-state index contributed by atoms with van der Waals surface area (Å²) in [7, 11) is 0. The average Bonchev–Trinajstić information content (AvgIpc) is 2.95. The maximum Gasteiger partial charge on any atom is 0.191 e. The zero-order valence-corrected chi connectivity index (χ0v) is 12.5. The Bertz CT molecular complexity index is 608. The van der Waals surface area contributed by atoms with Gasteiger partial charge in [0.2, 0.25) is 0 Å². The number of aromatic amines is 1. The number of nitrogens with one attached hydrogen (secondary N) is 1. The number of nitrogens with two attached hydrogens (primary N) is 1. The van der Waals surface area contributed by atoms with E-state index in [-0.39, 0.29) is 0 Å². The van der Waals surface area contributed by atoms with Crippen molar-refractivity contribution >= 4 is 16.9 Å². The molecule has 0 spiro atoms. The van der Waals surface area contributed by atoms with Crippen LogP contribution in [0.15, 0.2) is 35.5 Å². The molecule has 3 N–H and O–H groups in total. The lowest BCUT2D eigenvalue weighted by Crippen LogP contribution is -2.40. The summed E-state index contributed by atoms with van der Waals surface area (Å²) in [6, 6.07) is 8.44. The van der Waals surface area contributed by atoms with Crippen molar-refractivity contribution in [2.24, 2.45) is 10.7 Å². The van der Waals surface area contributed by atoms with E-state index in [9.17, 15) is 0 Å². The number of fused-ring (bicyclic) bond motifs is 1. The van der Waals surface area contributed by atoms with Gasteiger partial charge in [0.15, 0.2) is 5.96 Å². The summed E-state index contributed by atoms with van der Waals surface area (Å²) in [4.78, 5) is 10.1. The molecule has 1 saturated heterocycles. The molecule has 1 aliphatic heterocycles. The topological polar surface area (TPSA) is 57.4 Å². The summed E-state index contributed by atoms with van der Waals surface area (Å²) < 4.78 is 0. The first kappa shape index (κ1) is 14.0. The third-order valence-corrected chi connectivity index (χ3v) is 4.23. The fourth-order valence-corrected chi connectivity index (χ4v) is 3.02. The Balaban J connectivity index is 1.51. The van der Waals surface area contributed by atoms with Crippen LogP contribution in [0.1, 0.15) is 31.2 Å². The second-order valence-corrected chi connectivity index (χ2v) is 5.75. The SMILES string of the molecule is NC(=NCCCc1c[nH]c2ccccc12)N1CCCCC1. The quantitative estimate of drug-likeness (QED) is 0.515. The summed E-state index contributed by atoms with van der Waals surface area (Å²) in [6.45, 7) is 2.94. The molecular weight excluding hydrogens is 260 g/mol. The molecule has 0 amide bonds. The van der Waals surface area contributed by atoms with Gasteiger partial charge in [0.25, 0.3) is 0 Å². The highest BCUT2D eigenvalue weighted by atomic mass is 15.2. The first-order valence-electron chi connectivity index (χ1n) is 7.94. The zero-order valence-electron chi connectivity index (χ0n) is 12.5. The van der Waals surface area contributed by atoms with Crippen LogP contribution in [0.25, 0.3) is 10.9 Å². The number of guanidine groups is 1. The number of hydrogen-bond donors (Lipinski definition) is 2. The predicted octanol–water partition coefficient (Wildman–Crippen LogP) is 2.90. The van der Waals surface area contributed by atoms with Crippen LogP contribution in [0.5, 0.6) is 0 Å². The van der Waals surface area contributed by atoms with Crippen molar-refractivity contribution in [1.29, 1.82) is 0 Å². The average molecular weight is 284 g/mol. The van der Waals surface area contributed by atoms with Gasteiger partial charge in [0.05, 0.1) is 0 Å². The van der Waals surface area contributed by atoms with E-state index in [2.05, 4.69) is 45.3 Å². The van der Waals surface area contributed by atoms with Crippen LogP contribution in [0.4, 0.5) is 0 Å². The normalized spacial score (nSPS) is 16.6. The maximum atomic E-state index is 6.07. The van der Waals surface area contributed by atoms with Crippen LogP contribution in [0, 0.1) is 0 Å². The number of likely N-dealkylation sites (tertiary alicyclic amines) is 1. The molecule has 0 saturated carbocycles. The molecular formula is C17H24N4. The number of H-pyrrole nitrogens is 1. The second kappa shape index (κ2) is 6.66. The summed E-state index contributed by atoms with van der Waals surface area (Å²) in [5.41, 5.74) is 8.65. The molecule has 1 aliphatic rings. The number of para-hydroxylation sites is 1. The Labute approximate surface area is 126 Å². The Morgan fingerprint density at radius 1 is 1.19 bits per heavy atom. The van der Waals surface area contributed by atoms with Gasteiger partial charge < -0.3 is 15.6 Å². The molecule has 1 aromatic carbocycles. The van der Waals surface area contributed by atoms with E-state index < -0.39 is 0 Å². The standard InChI is InChI=1S/C17H24N4/c18-17(21-11-4-1-5-12-21)19-10-6-7-14-13-20-16-9-3-2-8-15(14)16/h2-3,8-9,13,20H,1,4-7,10-12H2,(H2,18,19). The molecule has 0 aliphatic carbocycles. The molecule has 0 unspecified atom stereocenters. The highest BCUT2D eigenvalue weighted by Gasteiger charge is 2.11. The lowest BCUT2D eigenvalue weighted by Gasteiger charge is -2.27. The minimum Gasteiger partial charge on any atom is -0.370 e. The molecule has 0 atom stereocenters. The van der Waals surface area contributed by atoms with Gasteiger partial charge in [-0.1, -0.05) is 18.2 Å². The van der Waals surface area contributed by atoms with Gasteiger partial charge >= 0.3 is 0 Å². The smallest absolute Gasteiger partial charge is 0.191 e. The minimum absolute atomic E-state index is 0.730. The predicted molar refractivity (Wildman–Crippen MR) is 88.5 cm³/mol. The minimum atomic E-state index is 0.730. The summed E-state index contributed by atoms with van der Waals surface area (Å²) in [5.74, 6) is 0.730. The van der Waals surface area contributed by atoms with Crippen LogP contribution in [0.3, 0.4) is 0 Å². The highest BCUT2D eigenvalue weighted by Crippen LogP contribution is 2.18. The monoisotopic (exact) mass is 284 g/mol. The van der Waals surface area contributed by atoms with Crippen molar-refractivity contribution in [2.45, 2.75) is 32.1 Å². The molecule has 112 valence electrons. The molecule has 0 radical (unpaired) electrons. The largest absolute Gasteiger partial charge is 0.370 e. The summed E-state index contributed by atoms with van der Waals surface area (Å²) in [6.07, 6.45) is 8.00. The van der Waals surface area contributed by atoms with E-state index in [0.717, 1.165) is 38.4 Å². The second-order valence-electron chi connectivity index (χ2n) is 5.75. The van der Waals surface area contributed by atoms with Crippen molar-refractivity contribution in [3.8, 4) is 0 Å². The van der Waals surface area contributed by atoms with Crippen LogP contribution in [0.2, 0.25) is 0 Å². The third-order valence-electron chi connectivity index (χ3n) is 4.23. The van der Waals surface area contributed by atoms with Crippen molar-refractivity contribution in [3.63, 3.8) is 0 Å². The Hall–Kier alpha value is -1.97. The van der Waals surface area contributed by atoms with E-state index >= 15 is 0 Å². The lowest BCUT2D eigenvalue weighted by atomic mass is 10.1. The molecule has 4 nitrogen and oxygen atoms in total. The number of aryl methyl sites for hydroxylation is 1. The van der Waals surface area contributed by atoms with Crippen LogP contribution in [-0.4, -0.2) is 35.5 Å². The van der Waals surface area contributed by atoms with Gasteiger partial charge in [-0.3, -0.25) is 4.99 Å². The Morgan fingerprint density at radius 3 is 2.86 bits per heavy atom. The fraction of sp³-hybridized carbons (Fsp3) is 0.471. The van der Waals surface area contributed by atoms with Gasteiger partial charge in [-0.15, -0.1) is 0 Å². The number of aliphatic imine (C=N–C) groups is 1. The lowest BCUT2D eigenvalue weighted by molar-refractivity contribution is 0.338. The molecule has 4 heteroatoms. The van der Waals surface area contributed by atoms with Gasteiger partial charge in [0, 0.05) is 36.7 Å². The van der Waals surface area contributed by atoms with Gasteiger partial charge in [-0.05, 0) is 43.7 Å². The van der Waals surface area contributed by atoms with E-state index in [0.29, 0.717) is 0 Å². The number of hydrogen-bond acceptors (Lipinski definition) is 1. The van der Waals surface area contributed by atoms with Gasteiger partial charge in [0.1, 0.15) is 0 Å². The number of aromatic nitrogens is 1. The molecule has 3 rings (SSSR count). The number of rotatable bonds is 4. The molecule has 2 heterocycles. The van der Waals surface area contributed by atoms with Crippen molar-refractivity contribution < 1.29 is 0 Å². The van der Waals surface area contributed by atoms with Crippen molar-refractivity contribution in [3.05, 3.63) is 36.0 Å². The van der Waals surface area contributed by atoms with Crippen LogP contribution >= 0.6 is 0 Å². The third kappa shape index (κ3) is 3.38. The summed E-state index contributed by atoms with van der Waals surface area (Å²) in [5, 5.41) is 1.32. The van der Waals surface area contributed by atoms with Gasteiger partial charge in [-0.2, -0.15) is 0 Å². The van der Waals surface area contributed by atoms with Crippen LogP contribution < -0.4 is 5.73 Å². The van der Waals surface area contributed by atoms with E-state index in [1.807, 2.05) is 0 Å². The first-order chi connectivity index (χ1) is 10.3. The highest BCUT2D eigenvalue weighted by molar-refractivity contribution is 5.83. The van der Waals surface area contributed by atoms with E-state index in [1.54, 1.807) is 0 Å². The molecule has 1 aromatic heterocycles. The maximum absolute atomic E-state index is 6.07. The zero-order chi connectivity index (χ0) is 14.5. The van der Waals surface area contributed by atoms with E-state index in [4.69, 9.17) is 5.73 Å². The number of piperidine rings is 1.